The molecule has 1 aliphatic rings. The van der Waals surface area contributed by atoms with Crippen molar-refractivity contribution < 1.29 is 18.0 Å². The highest BCUT2D eigenvalue weighted by atomic mass is 32.2. The number of nitrogens with zero attached hydrogens (tertiary/aromatic N) is 1. The summed E-state index contributed by atoms with van der Waals surface area (Å²) >= 11 is 0. The number of hydrogen-bond donors (Lipinski definition) is 2. The van der Waals surface area contributed by atoms with Crippen molar-refractivity contribution in [2.75, 3.05) is 18.4 Å². The number of amides is 2. The zero-order valence-electron chi connectivity index (χ0n) is 17.9. The van der Waals surface area contributed by atoms with Gasteiger partial charge in [0.05, 0.1) is 4.90 Å². The van der Waals surface area contributed by atoms with Gasteiger partial charge >= 0.3 is 11.8 Å². The van der Waals surface area contributed by atoms with E-state index in [0.29, 0.717) is 18.7 Å². The Bertz CT molecular complexity index is 1040. The molecule has 8 heteroatoms. The normalized spacial score (nSPS) is 17.2. The molecule has 0 unspecified atom stereocenters. The molecule has 0 aromatic heterocycles. The number of benzene rings is 2. The minimum absolute atomic E-state index is 0.207. The summed E-state index contributed by atoms with van der Waals surface area (Å²) in [6, 6.07) is 13.8. The first kappa shape index (κ1) is 23.0. The number of aryl methyl sites for hydroxylation is 2. The zero-order chi connectivity index (χ0) is 22.4. The molecule has 0 radical (unpaired) electrons. The molecule has 1 fully saturated rings. The minimum atomic E-state index is -3.59. The molecule has 166 valence electrons. The van der Waals surface area contributed by atoms with Gasteiger partial charge in [-0.25, -0.2) is 8.42 Å². The van der Waals surface area contributed by atoms with Crippen molar-refractivity contribution in [1.29, 1.82) is 0 Å². The van der Waals surface area contributed by atoms with Gasteiger partial charge in [-0.2, -0.15) is 4.31 Å². The van der Waals surface area contributed by atoms with Crippen LogP contribution in [0.3, 0.4) is 0 Å². The fourth-order valence-electron chi connectivity index (χ4n) is 3.79. The van der Waals surface area contributed by atoms with Crippen molar-refractivity contribution in [2.45, 2.75) is 50.5 Å². The topological polar surface area (TPSA) is 95.6 Å². The predicted octanol–water partition coefficient (Wildman–Crippen LogP) is 2.99. The predicted molar refractivity (Wildman–Crippen MR) is 120 cm³/mol. The monoisotopic (exact) mass is 443 g/mol. The molecule has 31 heavy (non-hydrogen) atoms. The average molecular weight is 444 g/mol. The van der Waals surface area contributed by atoms with E-state index in [2.05, 4.69) is 10.6 Å². The van der Waals surface area contributed by atoms with Crippen molar-refractivity contribution >= 4 is 27.5 Å². The molecular formula is C23H29N3O4S. The molecule has 2 N–H and O–H groups in total. The summed E-state index contributed by atoms with van der Waals surface area (Å²) in [4.78, 5) is 24.7. The van der Waals surface area contributed by atoms with Crippen molar-refractivity contribution in [2.24, 2.45) is 0 Å². The van der Waals surface area contributed by atoms with Crippen LogP contribution in [0.5, 0.6) is 0 Å². The first-order valence-electron chi connectivity index (χ1n) is 10.5. The molecule has 2 aromatic carbocycles. The van der Waals surface area contributed by atoms with Crippen LogP contribution in [-0.2, 0) is 19.6 Å². The van der Waals surface area contributed by atoms with E-state index in [4.69, 9.17) is 0 Å². The molecule has 0 spiro atoms. The molecule has 0 aliphatic carbocycles. The number of nitrogens with one attached hydrogen (secondary N) is 2. The van der Waals surface area contributed by atoms with E-state index in [1.807, 2.05) is 32.0 Å². The van der Waals surface area contributed by atoms with Gasteiger partial charge in [0.15, 0.2) is 0 Å². The minimum Gasteiger partial charge on any atom is -0.348 e. The highest BCUT2D eigenvalue weighted by Gasteiger charge is 2.33. The van der Waals surface area contributed by atoms with Gasteiger partial charge in [-0.15, -0.1) is 0 Å². The molecule has 3 rings (SSSR count). The molecule has 1 atom stereocenters. The van der Waals surface area contributed by atoms with Gasteiger partial charge in [0, 0.05) is 24.8 Å². The molecule has 1 saturated heterocycles. The smallest absolute Gasteiger partial charge is 0.313 e. The van der Waals surface area contributed by atoms with E-state index in [9.17, 15) is 18.0 Å². The maximum absolute atomic E-state index is 13.0. The summed E-state index contributed by atoms with van der Waals surface area (Å²) in [6.07, 6.45) is 2.94. The Balaban J connectivity index is 1.57. The first-order chi connectivity index (χ1) is 14.8. The van der Waals surface area contributed by atoms with Gasteiger partial charge in [0.25, 0.3) is 0 Å². The van der Waals surface area contributed by atoms with Crippen LogP contribution in [0, 0.1) is 13.8 Å². The number of carbonyl (C=O) groups excluding carboxylic acids is 2. The van der Waals surface area contributed by atoms with Gasteiger partial charge in [-0.05, 0) is 62.4 Å². The molecule has 1 aliphatic heterocycles. The van der Waals surface area contributed by atoms with Crippen molar-refractivity contribution in [3.05, 3.63) is 59.7 Å². The Morgan fingerprint density at radius 2 is 1.77 bits per heavy atom. The second-order valence-corrected chi connectivity index (χ2v) is 9.79. The number of anilines is 1. The first-order valence-corrected chi connectivity index (χ1v) is 12.0. The van der Waals surface area contributed by atoms with Crippen LogP contribution < -0.4 is 10.6 Å². The van der Waals surface area contributed by atoms with Crippen LogP contribution in [0.25, 0.3) is 0 Å². The molecular weight excluding hydrogens is 414 g/mol. The number of hydrogen-bond acceptors (Lipinski definition) is 4. The molecule has 0 saturated carbocycles. The maximum Gasteiger partial charge on any atom is 0.313 e. The SMILES string of the molecule is Cc1ccc(C)c(NC(=O)C(=O)NCC[C@@H]2CCCCN2S(=O)(=O)c2ccccc2)c1. The molecule has 7 nitrogen and oxygen atoms in total. The van der Waals surface area contributed by atoms with E-state index in [0.717, 1.165) is 30.4 Å². The fraction of sp³-hybridized carbons (Fsp3) is 0.391. The van der Waals surface area contributed by atoms with E-state index >= 15 is 0 Å². The second-order valence-electron chi connectivity index (χ2n) is 7.90. The zero-order valence-corrected chi connectivity index (χ0v) is 18.7. The highest BCUT2D eigenvalue weighted by Crippen LogP contribution is 2.26. The van der Waals surface area contributed by atoms with E-state index in [1.54, 1.807) is 30.3 Å². The number of piperidine rings is 1. The largest absolute Gasteiger partial charge is 0.348 e. The lowest BCUT2D eigenvalue weighted by atomic mass is 10.0. The van der Waals surface area contributed by atoms with Gasteiger partial charge in [0.1, 0.15) is 0 Å². The van der Waals surface area contributed by atoms with Gasteiger partial charge in [-0.1, -0.05) is 36.8 Å². The van der Waals surface area contributed by atoms with Crippen LogP contribution in [0.2, 0.25) is 0 Å². The summed E-state index contributed by atoms with van der Waals surface area (Å²) in [7, 11) is -3.59. The lowest BCUT2D eigenvalue weighted by molar-refractivity contribution is -0.136. The maximum atomic E-state index is 13.0. The standard InChI is InChI=1S/C23H29N3O4S/c1-17-11-12-18(2)21(16-17)25-23(28)22(27)24-14-13-19-8-6-7-15-26(19)31(29,30)20-9-4-3-5-10-20/h3-5,9-12,16,19H,6-8,13-15H2,1-2H3,(H,24,27)(H,25,28)/t19-/m0/s1. The summed E-state index contributed by atoms with van der Waals surface area (Å²) in [5.74, 6) is -1.46. The summed E-state index contributed by atoms with van der Waals surface area (Å²) in [5, 5.41) is 5.26. The third-order valence-corrected chi connectivity index (χ3v) is 7.50. The van der Waals surface area contributed by atoms with Crippen LogP contribution in [-0.4, -0.2) is 43.7 Å². The number of sulfonamides is 1. The Hall–Kier alpha value is -2.71. The highest BCUT2D eigenvalue weighted by molar-refractivity contribution is 7.89. The van der Waals surface area contributed by atoms with Crippen molar-refractivity contribution in [3.8, 4) is 0 Å². The van der Waals surface area contributed by atoms with Crippen molar-refractivity contribution in [3.63, 3.8) is 0 Å². The van der Waals surface area contributed by atoms with Crippen LogP contribution >= 0.6 is 0 Å². The Morgan fingerprint density at radius 1 is 1.03 bits per heavy atom. The number of rotatable bonds is 6. The molecule has 0 bridgehead atoms. The lowest BCUT2D eigenvalue weighted by Gasteiger charge is -2.34. The Morgan fingerprint density at radius 3 is 2.52 bits per heavy atom. The molecule has 2 amide bonds. The Kier molecular flexibility index (Phi) is 7.46. The van der Waals surface area contributed by atoms with Crippen LogP contribution in [0.4, 0.5) is 5.69 Å². The van der Waals surface area contributed by atoms with E-state index in [-0.39, 0.29) is 17.5 Å². The fourth-order valence-corrected chi connectivity index (χ4v) is 5.53. The molecule has 1 heterocycles. The Labute approximate surface area is 183 Å². The number of carbonyl (C=O) groups is 2. The second kappa shape index (κ2) is 10.1. The summed E-state index contributed by atoms with van der Waals surface area (Å²) in [6.45, 7) is 4.46. The van der Waals surface area contributed by atoms with Gasteiger partial charge in [-0.3, -0.25) is 9.59 Å². The summed E-state index contributed by atoms with van der Waals surface area (Å²) in [5.41, 5.74) is 2.46. The average Bonchev–Trinajstić information content (AvgIpc) is 2.77. The molecule has 2 aromatic rings. The van der Waals surface area contributed by atoms with E-state index < -0.39 is 21.8 Å². The quantitative estimate of drug-likeness (QED) is 0.671. The third-order valence-electron chi connectivity index (χ3n) is 5.53. The van der Waals surface area contributed by atoms with Gasteiger partial charge in [0.2, 0.25) is 10.0 Å². The third kappa shape index (κ3) is 5.71. The lowest BCUT2D eigenvalue weighted by Crippen LogP contribution is -2.45. The summed E-state index contributed by atoms with van der Waals surface area (Å²) < 4.78 is 27.6. The van der Waals surface area contributed by atoms with Crippen LogP contribution in [0.15, 0.2) is 53.4 Å². The van der Waals surface area contributed by atoms with E-state index in [1.165, 1.54) is 4.31 Å². The van der Waals surface area contributed by atoms with Crippen LogP contribution in [0.1, 0.15) is 36.8 Å². The van der Waals surface area contributed by atoms with Crippen molar-refractivity contribution in [1.82, 2.24) is 9.62 Å². The van der Waals surface area contributed by atoms with Gasteiger partial charge < -0.3 is 10.6 Å².